The molecule has 1 aliphatic heterocycles. The molecule has 0 saturated carbocycles. The first-order valence-corrected chi connectivity index (χ1v) is 10.6. The summed E-state index contributed by atoms with van der Waals surface area (Å²) in [5.41, 5.74) is 1.60. The van der Waals surface area contributed by atoms with Crippen LogP contribution in [-0.4, -0.2) is 46.3 Å². The maximum Gasteiger partial charge on any atom is 0.311 e. The van der Waals surface area contributed by atoms with Crippen LogP contribution in [0.5, 0.6) is 0 Å². The fourth-order valence-corrected chi connectivity index (χ4v) is 3.68. The number of ether oxygens (including phenoxy) is 1. The van der Waals surface area contributed by atoms with Gasteiger partial charge in [0.1, 0.15) is 0 Å². The standard InChI is InChI=1S/C25H30N2O4/c1-25(2,3)27(16-20-12-8-5-9-13-20)23(29)18-31-24(30)21-14-22(28)26(17-21)15-19-10-6-4-7-11-19/h4-13,21H,14-18H2,1-3H3/t21-/m1/s1. The van der Waals surface area contributed by atoms with Crippen molar-refractivity contribution >= 4 is 17.8 Å². The predicted molar refractivity (Wildman–Crippen MR) is 118 cm³/mol. The van der Waals surface area contributed by atoms with Crippen LogP contribution in [0.25, 0.3) is 0 Å². The molecule has 1 heterocycles. The highest BCUT2D eigenvalue weighted by atomic mass is 16.5. The van der Waals surface area contributed by atoms with Gasteiger partial charge in [0.15, 0.2) is 6.61 Å². The molecule has 6 heteroatoms. The molecule has 0 spiro atoms. The number of benzene rings is 2. The summed E-state index contributed by atoms with van der Waals surface area (Å²) in [6.45, 7) is 6.75. The highest BCUT2D eigenvalue weighted by Crippen LogP contribution is 2.22. The molecule has 0 aliphatic carbocycles. The maximum absolute atomic E-state index is 12.9. The van der Waals surface area contributed by atoms with Crippen molar-refractivity contribution in [3.8, 4) is 0 Å². The normalized spacial score (nSPS) is 16.3. The Balaban J connectivity index is 1.55. The molecule has 31 heavy (non-hydrogen) atoms. The first-order valence-electron chi connectivity index (χ1n) is 10.6. The average Bonchev–Trinajstić information content (AvgIpc) is 3.11. The van der Waals surface area contributed by atoms with Crippen LogP contribution in [0.3, 0.4) is 0 Å². The molecule has 6 nitrogen and oxygen atoms in total. The van der Waals surface area contributed by atoms with Gasteiger partial charge in [-0.25, -0.2) is 0 Å². The molecular formula is C25H30N2O4. The van der Waals surface area contributed by atoms with E-state index in [1.54, 1.807) is 9.80 Å². The zero-order chi connectivity index (χ0) is 22.4. The summed E-state index contributed by atoms with van der Waals surface area (Å²) >= 11 is 0. The minimum atomic E-state index is -0.541. The van der Waals surface area contributed by atoms with Gasteiger partial charge in [0.05, 0.1) is 5.92 Å². The van der Waals surface area contributed by atoms with Gasteiger partial charge in [0.2, 0.25) is 5.91 Å². The minimum absolute atomic E-state index is 0.0717. The van der Waals surface area contributed by atoms with E-state index in [0.717, 1.165) is 11.1 Å². The largest absolute Gasteiger partial charge is 0.455 e. The Kier molecular flexibility index (Phi) is 7.10. The van der Waals surface area contributed by atoms with E-state index in [1.165, 1.54) is 0 Å². The van der Waals surface area contributed by atoms with Gasteiger partial charge >= 0.3 is 5.97 Å². The predicted octanol–water partition coefficient (Wildman–Crippen LogP) is 3.41. The van der Waals surface area contributed by atoms with Crippen molar-refractivity contribution in [3.05, 3.63) is 71.8 Å². The Morgan fingerprint density at radius 1 is 1.00 bits per heavy atom. The molecule has 0 N–H and O–H groups in total. The minimum Gasteiger partial charge on any atom is -0.455 e. The molecule has 2 aromatic rings. The van der Waals surface area contributed by atoms with Crippen LogP contribution >= 0.6 is 0 Å². The molecule has 0 bridgehead atoms. The van der Waals surface area contributed by atoms with E-state index < -0.39 is 17.4 Å². The van der Waals surface area contributed by atoms with Gasteiger partial charge in [0.25, 0.3) is 5.91 Å². The summed E-state index contributed by atoms with van der Waals surface area (Å²) in [6, 6.07) is 19.4. The van der Waals surface area contributed by atoms with E-state index in [4.69, 9.17) is 4.74 Å². The van der Waals surface area contributed by atoms with E-state index in [9.17, 15) is 14.4 Å². The second-order valence-corrected chi connectivity index (χ2v) is 8.90. The van der Waals surface area contributed by atoms with Gasteiger partial charge in [-0.05, 0) is 31.9 Å². The van der Waals surface area contributed by atoms with Gasteiger partial charge in [0, 0.05) is 31.6 Å². The van der Waals surface area contributed by atoms with Crippen molar-refractivity contribution in [2.75, 3.05) is 13.2 Å². The Bertz CT molecular complexity index is 906. The Hall–Kier alpha value is -3.15. The highest BCUT2D eigenvalue weighted by Gasteiger charge is 2.36. The quantitative estimate of drug-likeness (QED) is 0.642. The van der Waals surface area contributed by atoms with Crippen molar-refractivity contribution in [1.82, 2.24) is 9.80 Å². The molecule has 0 unspecified atom stereocenters. The van der Waals surface area contributed by atoms with E-state index in [2.05, 4.69) is 0 Å². The lowest BCUT2D eigenvalue weighted by Crippen LogP contribution is -2.47. The molecule has 2 aromatic carbocycles. The second kappa shape index (κ2) is 9.77. The Morgan fingerprint density at radius 3 is 2.16 bits per heavy atom. The van der Waals surface area contributed by atoms with Crippen LogP contribution in [0.4, 0.5) is 0 Å². The van der Waals surface area contributed by atoms with Crippen LogP contribution in [-0.2, 0) is 32.2 Å². The number of hydrogen-bond donors (Lipinski definition) is 0. The lowest BCUT2D eigenvalue weighted by molar-refractivity contribution is -0.157. The number of carbonyl (C=O) groups is 3. The monoisotopic (exact) mass is 422 g/mol. The van der Waals surface area contributed by atoms with Crippen molar-refractivity contribution in [2.45, 2.75) is 45.8 Å². The van der Waals surface area contributed by atoms with Crippen molar-refractivity contribution in [3.63, 3.8) is 0 Å². The number of nitrogens with zero attached hydrogens (tertiary/aromatic N) is 2. The van der Waals surface area contributed by atoms with Crippen molar-refractivity contribution in [1.29, 1.82) is 0 Å². The first-order chi connectivity index (χ1) is 14.7. The third-order valence-corrected chi connectivity index (χ3v) is 5.40. The molecule has 1 aliphatic rings. The fourth-order valence-electron chi connectivity index (χ4n) is 3.68. The summed E-state index contributed by atoms with van der Waals surface area (Å²) in [5.74, 6) is -1.36. The molecule has 0 aromatic heterocycles. The van der Waals surface area contributed by atoms with E-state index in [1.807, 2.05) is 81.4 Å². The topological polar surface area (TPSA) is 66.9 Å². The van der Waals surface area contributed by atoms with Crippen molar-refractivity contribution < 1.29 is 19.1 Å². The van der Waals surface area contributed by atoms with Crippen LogP contribution in [0.2, 0.25) is 0 Å². The van der Waals surface area contributed by atoms with Crippen LogP contribution in [0, 0.1) is 5.92 Å². The summed E-state index contributed by atoms with van der Waals surface area (Å²) in [5, 5.41) is 0. The fraction of sp³-hybridized carbons (Fsp3) is 0.400. The summed E-state index contributed by atoms with van der Waals surface area (Å²) in [6.07, 6.45) is 0.118. The molecule has 164 valence electrons. The van der Waals surface area contributed by atoms with Gasteiger partial charge in [-0.1, -0.05) is 60.7 Å². The zero-order valence-electron chi connectivity index (χ0n) is 18.4. The third kappa shape index (κ3) is 6.17. The molecule has 1 saturated heterocycles. The number of hydrogen-bond acceptors (Lipinski definition) is 4. The molecule has 1 fully saturated rings. The second-order valence-electron chi connectivity index (χ2n) is 8.90. The Labute approximate surface area is 183 Å². The maximum atomic E-state index is 12.9. The lowest BCUT2D eigenvalue weighted by atomic mass is 10.0. The van der Waals surface area contributed by atoms with Gasteiger partial charge in [-0.15, -0.1) is 0 Å². The first kappa shape index (κ1) is 22.5. The number of rotatable bonds is 7. The number of carbonyl (C=O) groups excluding carboxylic acids is 3. The van der Waals surface area contributed by atoms with Crippen molar-refractivity contribution in [2.24, 2.45) is 5.92 Å². The molecule has 1 atom stereocenters. The number of likely N-dealkylation sites (tertiary alicyclic amines) is 1. The number of amides is 2. The zero-order valence-corrected chi connectivity index (χ0v) is 18.4. The van der Waals surface area contributed by atoms with E-state index in [-0.39, 0.29) is 24.8 Å². The summed E-state index contributed by atoms with van der Waals surface area (Å²) in [7, 11) is 0. The molecule has 0 radical (unpaired) electrons. The van der Waals surface area contributed by atoms with E-state index >= 15 is 0 Å². The molecular weight excluding hydrogens is 392 g/mol. The van der Waals surface area contributed by atoms with Gasteiger partial charge < -0.3 is 14.5 Å². The number of esters is 1. The summed E-state index contributed by atoms with van der Waals surface area (Å²) in [4.78, 5) is 41.1. The van der Waals surface area contributed by atoms with E-state index in [0.29, 0.717) is 19.6 Å². The highest BCUT2D eigenvalue weighted by molar-refractivity contribution is 5.88. The molecule has 3 rings (SSSR count). The third-order valence-electron chi connectivity index (χ3n) is 5.40. The van der Waals surface area contributed by atoms with Crippen LogP contribution in [0.1, 0.15) is 38.3 Å². The lowest BCUT2D eigenvalue weighted by Gasteiger charge is -2.35. The summed E-state index contributed by atoms with van der Waals surface area (Å²) < 4.78 is 5.34. The Morgan fingerprint density at radius 2 is 1.58 bits per heavy atom. The van der Waals surface area contributed by atoms with Gasteiger partial charge in [-0.3, -0.25) is 14.4 Å². The average molecular weight is 423 g/mol. The molecule has 2 amide bonds. The van der Waals surface area contributed by atoms with Crippen LogP contribution < -0.4 is 0 Å². The SMILES string of the molecule is CC(C)(C)N(Cc1ccccc1)C(=O)COC(=O)[C@@H]1CC(=O)N(Cc2ccccc2)C1. The van der Waals surface area contributed by atoms with Gasteiger partial charge in [-0.2, -0.15) is 0 Å². The smallest absolute Gasteiger partial charge is 0.311 e. The van der Waals surface area contributed by atoms with Crippen LogP contribution in [0.15, 0.2) is 60.7 Å².